The third kappa shape index (κ3) is 13.8. The highest BCUT2D eigenvalue weighted by molar-refractivity contribution is 5.72. The molecule has 1 aromatic carbocycles. The summed E-state index contributed by atoms with van der Waals surface area (Å²) in [6.07, 6.45) is 20.6. The van der Waals surface area contributed by atoms with Crippen LogP contribution in [0.1, 0.15) is 121 Å². The first-order valence-electron chi connectivity index (χ1n) is 11.9. The number of aryl methyl sites for hydroxylation is 2. The van der Waals surface area contributed by atoms with E-state index >= 15 is 0 Å². The molecule has 28 heavy (non-hydrogen) atoms. The lowest BCUT2D eigenvalue weighted by molar-refractivity contribution is -0.134. The minimum absolute atomic E-state index is 0.0975. The summed E-state index contributed by atoms with van der Waals surface area (Å²) in [7, 11) is 0. The second-order valence-corrected chi connectivity index (χ2v) is 8.50. The largest absolute Gasteiger partial charge is 0.427 e. The minimum Gasteiger partial charge on any atom is -0.427 e. The average molecular weight is 389 g/mol. The van der Waals surface area contributed by atoms with Crippen LogP contribution in [0, 0.1) is 13.8 Å². The van der Waals surface area contributed by atoms with Crippen LogP contribution in [0.25, 0.3) is 0 Å². The highest BCUT2D eigenvalue weighted by atomic mass is 16.5. The third-order valence-electron chi connectivity index (χ3n) is 5.41. The zero-order chi connectivity index (χ0) is 20.5. The van der Waals surface area contributed by atoms with E-state index in [1.54, 1.807) is 0 Å². The van der Waals surface area contributed by atoms with Gasteiger partial charge in [-0.15, -0.1) is 0 Å². The molecule has 0 unspecified atom stereocenters. The molecular formula is C26H44O2. The van der Waals surface area contributed by atoms with Crippen LogP contribution in [0.4, 0.5) is 0 Å². The van der Waals surface area contributed by atoms with Crippen molar-refractivity contribution in [2.75, 3.05) is 0 Å². The van der Waals surface area contributed by atoms with Crippen molar-refractivity contribution in [1.29, 1.82) is 0 Å². The van der Waals surface area contributed by atoms with Gasteiger partial charge in [-0.2, -0.15) is 0 Å². The van der Waals surface area contributed by atoms with Gasteiger partial charge in [-0.25, -0.2) is 0 Å². The van der Waals surface area contributed by atoms with E-state index in [0.717, 1.165) is 24.0 Å². The molecule has 160 valence electrons. The van der Waals surface area contributed by atoms with E-state index in [0.29, 0.717) is 12.2 Å². The van der Waals surface area contributed by atoms with E-state index in [4.69, 9.17) is 4.74 Å². The number of hydrogen-bond acceptors (Lipinski definition) is 2. The Balaban J connectivity index is 1.86. The Kier molecular flexibility index (Phi) is 14.7. The number of ether oxygens (including phenoxy) is 1. The maximum atomic E-state index is 11.9. The van der Waals surface area contributed by atoms with Crippen molar-refractivity contribution in [1.82, 2.24) is 0 Å². The summed E-state index contributed by atoms with van der Waals surface area (Å²) in [6.45, 7) is 6.33. The van der Waals surface area contributed by atoms with Crippen molar-refractivity contribution in [3.8, 4) is 5.75 Å². The van der Waals surface area contributed by atoms with Crippen molar-refractivity contribution in [2.45, 2.75) is 124 Å². The summed E-state index contributed by atoms with van der Waals surface area (Å²) in [5.74, 6) is 0.586. The van der Waals surface area contributed by atoms with Crippen LogP contribution in [0.3, 0.4) is 0 Å². The van der Waals surface area contributed by atoms with Crippen LogP contribution in [0.5, 0.6) is 5.75 Å². The summed E-state index contributed by atoms with van der Waals surface area (Å²) in [5.41, 5.74) is 2.27. The molecule has 0 radical (unpaired) electrons. The Morgan fingerprint density at radius 3 is 1.46 bits per heavy atom. The van der Waals surface area contributed by atoms with Gasteiger partial charge in [0.05, 0.1) is 0 Å². The lowest BCUT2D eigenvalue weighted by atomic mass is 10.0. The van der Waals surface area contributed by atoms with Crippen LogP contribution >= 0.6 is 0 Å². The molecule has 0 atom stereocenters. The zero-order valence-electron chi connectivity index (χ0n) is 18.9. The molecule has 1 aromatic rings. The molecule has 0 spiro atoms. The van der Waals surface area contributed by atoms with E-state index in [9.17, 15) is 4.79 Å². The van der Waals surface area contributed by atoms with E-state index in [1.165, 1.54) is 83.5 Å². The molecule has 0 N–H and O–H groups in total. The summed E-state index contributed by atoms with van der Waals surface area (Å²) >= 11 is 0. The van der Waals surface area contributed by atoms with Gasteiger partial charge >= 0.3 is 5.97 Å². The van der Waals surface area contributed by atoms with Gasteiger partial charge in [-0.1, -0.05) is 103 Å². The SMILES string of the molecule is CCCCCCCCCCCCCCCCCC(=O)Oc1cc(C)cc(C)c1. The number of carbonyl (C=O) groups excluding carboxylic acids is 1. The molecular weight excluding hydrogens is 344 g/mol. The topological polar surface area (TPSA) is 26.3 Å². The first-order chi connectivity index (χ1) is 13.6. The summed E-state index contributed by atoms with van der Waals surface area (Å²) in [4.78, 5) is 11.9. The molecule has 2 nitrogen and oxygen atoms in total. The fourth-order valence-corrected chi connectivity index (χ4v) is 3.81. The van der Waals surface area contributed by atoms with Gasteiger partial charge in [0.1, 0.15) is 5.75 Å². The zero-order valence-corrected chi connectivity index (χ0v) is 18.9. The predicted octanol–water partition coefficient (Wildman–Crippen LogP) is 8.47. The van der Waals surface area contributed by atoms with Crippen molar-refractivity contribution >= 4 is 5.97 Å². The molecule has 0 aliphatic heterocycles. The van der Waals surface area contributed by atoms with Gasteiger partial charge in [-0.05, 0) is 43.5 Å². The van der Waals surface area contributed by atoms with Crippen LogP contribution in [0.2, 0.25) is 0 Å². The Hall–Kier alpha value is -1.31. The van der Waals surface area contributed by atoms with Crippen molar-refractivity contribution in [2.24, 2.45) is 0 Å². The minimum atomic E-state index is -0.0975. The standard InChI is InChI=1S/C26H44O2/c1-4-5-6-7-8-9-10-11-12-13-14-15-16-17-18-19-26(27)28-25-21-23(2)20-24(3)22-25/h20-22H,4-19H2,1-3H3. The Labute approximate surface area is 174 Å². The van der Waals surface area contributed by atoms with E-state index < -0.39 is 0 Å². The predicted molar refractivity (Wildman–Crippen MR) is 121 cm³/mol. The van der Waals surface area contributed by atoms with E-state index in [2.05, 4.69) is 13.0 Å². The highest BCUT2D eigenvalue weighted by Crippen LogP contribution is 2.18. The number of hydrogen-bond donors (Lipinski definition) is 0. The van der Waals surface area contributed by atoms with E-state index in [1.807, 2.05) is 26.0 Å². The number of unbranched alkanes of at least 4 members (excludes halogenated alkanes) is 14. The smallest absolute Gasteiger partial charge is 0.311 e. The van der Waals surface area contributed by atoms with Gasteiger partial charge < -0.3 is 4.74 Å². The average Bonchev–Trinajstić information content (AvgIpc) is 2.64. The second-order valence-electron chi connectivity index (χ2n) is 8.50. The normalized spacial score (nSPS) is 11.0. The molecule has 0 fully saturated rings. The number of benzene rings is 1. The number of esters is 1. The maximum absolute atomic E-state index is 11.9. The van der Waals surface area contributed by atoms with Crippen molar-refractivity contribution < 1.29 is 9.53 Å². The molecule has 0 saturated carbocycles. The maximum Gasteiger partial charge on any atom is 0.311 e. The molecule has 0 aromatic heterocycles. The monoisotopic (exact) mass is 388 g/mol. The van der Waals surface area contributed by atoms with Gasteiger partial charge in [0.25, 0.3) is 0 Å². The lowest BCUT2D eigenvalue weighted by Crippen LogP contribution is -2.07. The summed E-state index contributed by atoms with van der Waals surface area (Å²) < 4.78 is 5.46. The number of carbonyl (C=O) groups is 1. The van der Waals surface area contributed by atoms with Gasteiger partial charge in [0.2, 0.25) is 0 Å². The van der Waals surface area contributed by atoms with Crippen LogP contribution < -0.4 is 4.74 Å². The lowest BCUT2D eigenvalue weighted by Gasteiger charge is -2.07. The summed E-state index contributed by atoms with van der Waals surface area (Å²) in [6, 6.07) is 5.95. The molecule has 1 rings (SSSR count). The fourth-order valence-electron chi connectivity index (χ4n) is 3.81. The van der Waals surface area contributed by atoms with Gasteiger partial charge in [-0.3, -0.25) is 4.79 Å². The first kappa shape index (κ1) is 24.7. The van der Waals surface area contributed by atoms with Gasteiger partial charge in [0, 0.05) is 6.42 Å². The van der Waals surface area contributed by atoms with Crippen molar-refractivity contribution in [3.05, 3.63) is 29.3 Å². The first-order valence-corrected chi connectivity index (χ1v) is 11.9. The molecule has 0 amide bonds. The van der Waals surface area contributed by atoms with Crippen molar-refractivity contribution in [3.63, 3.8) is 0 Å². The molecule has 0 heterocycles. The molecule has 0 bridgehead atoms. The van der Waals surface area contributed by atoms with Crippen LogP contribution in [-0.2, 0) is 4.79 Å². The molecule has 0 aliphatic carbocycles. The highest BCUT2D eigenvalue weighted by Gasteiger charge is 2.05. The van der Waals surface area contributed by atoms with Crippen LogP contribution in [-0.4, -0.2) is 5.97 Å². The quantitative estimate of drug-likeness (QED) is 0.152. The Morgan fingerprint density at radius 1 is 0.643 bits per heavy atom. The Morgan fingerprint density at radius 2 is 1.04 bits per heavy atom. The molecule has 2 heteroatoms. The van der Waals surface area contributed by atoms with E-state index in [-0.39, 0.29) is 5.97 Å². The second kappa shape index (κ2) is 16.6. The van der Waals surface area contributed by atoms with Crippen LogP contribution in [0.15, 0.2) is 18.2 Å². The third-order valence-corrected chi connectivity index (χ3v) is 5.41. The fraction of sp³-hybridized carbons (Fsp3) is 0.731. The summed E-state index contributed by atoms with van der Waals surface area (Å²) in [5, 5.41) is 0. The molecule has 0 aliphatic rings. The number of rotatable bonds is 17. The Bertz CT molecular complexity index is 501. The molecule has 0 saturated heterocycles. The van der Waals surface area contributed by atoms with Gasteiger partial charge in [0.15, 0.2) is 0 Å².